The Morgan fingerprint density at radius 3 is 1.75 bits per heavy atom. The van der Waals surface area contributed by atoms with Crippen molar-refractivity contribution in [2.24, 2.45) is 0 Å². The molecule has 0 spiro atoms. The van der Waals surface area contributed by atoms with Gasteiger partial charge in [0.25, 0.3) is 0 Å². The maximum Gasteiger partial charge on any atom is 0.186 e. The molecule has 1 aromatic carbocycles. The molecule has 1 nitrogen and oxygen atoms in total. The van der Waals surface area contributed by atoms with E-state index < -0.39 is 32.5 Å². The van der Waals surface area contributed by atoms with Crippen molar-refractivity contribution in [1.29, 1.82) is 0 Å². The number of phenolic OH excluding ortho intramolecular Hbond substituents is 1. The second-order valence-corrected chi connectivity index (χ2v) is 3.05. The Hall–Kier alpha value is -0.250. The second-order valence-electron chi connectivity index (χ2n) is 1.92. The fourth-order valence-corrected chi connectivity index (χ4v) is 1.17. The smallest absolute Gasteiger partial charge is 0.186 e. The molecule has 0 aliphatic heterocycles. The standard InChI is InChI=1S/C6HCl3F2O/c7-1-2(8)5(11)6(12)3(9)4(1)10/h12H. The minimum Gasteiger partial charge on any atom is -0.504 e. The summed E-state index contributed by atoms with van der Waals surface area (Å²) in [5, 5.41) is 6.70. The van der Waals surface area contributed by atoms with Gasteiger partial charge in [0.2, 0.25) is 0 Å². The third kappa shape index (κ3) is 1.32. The van der Waals surface area contributed by atoms with Crippen LogP contribution >= 0.6 is 34.8 Å². The van der Waals surface area contributed by atoms with Gasteiger partial charge in [-0.15, -0.1) is 0 Å². The van der Waals surface area contributed by atoms with Crippen LogP contribution < -0.4 is 0 Å². The molecule has 0 unspecified atom stereocenters. The maximum absolute atomic E-state index is 12.8. The van der Waals surface area contributed by atoms with E-state index >= 15 is 0 Å². The number of benzene rings is 1. The number of hydrogen-bond donors (Lipinski definition) is 1. The first-order valence-electron chi connectivity index (χ1n) is 2.67. The Bertz CT molecular complexity index is 235. The fraction of sp³-hybridized carbons (Fsp3) is 0. The summed E-state index contributed by atoms with van der Waals surface area (Å²) in [5.74, 6) is -3.40. The molecule has 6 heteroatoms. The highest BCUT2D eigenvalue weighted by Crippen LogP contribution is 2.39. The monoisotopic (exact) mass is 232 g/mol. The van der Waals surface area contributed by atoms with Crippen LogP contribution in [0, 0.1) is 11.6 Å². The van der Waals surface area contributed by atoms with Crippen molar-refractivity contribution in [3.05, 3.63) is 26.7 Å². The van der Waals surface area contributed by atoms with E-state index in [9.17, 15) is 8.78 Å². The van der Waals surface area contributed by atoms with Crippen LogP contribution in [0.25, 0.3) is 0 Å². The number of phenols is 1. The third-order valence-corrected chi connectivity index (χ3v) is 2.34. The molecule has 0 atom stereocenters. The first-order chi connectivity index (χ1) is 5.46. The SMILES string of the molecule is Oc1c(F)c(Cl)c(Cl)c(F)c1Cl. The van der Waals surface area contributed by atoms with Crippen molar-refractivity contribution in [3.63, 3.8) is 0 Å². The van der Waals surface area contributed by atoms with Crippen molar-refractivity contribution >= 4 is 34.8 Å². The van der Waals surface area contributed by atoms with Gasteiger partial charge in [0.15, 0.2) is 17.4 Å². The molecule has 0 aliphatic rings. The van der Waals surface area contributed by atoms with Gasteiger partial charge in [0, 0.05) is 0 Å². The summed E-state index contributed by atoms with van der Waals surface area (Å²) in [6.45, 7) is 0. The molecule has 1 N–H and O–H groups in total. The average molecular weight is 233 g/mol. The molecular formula is C6HCl3F2O. The molecule has 1 aromatic rings. The zero-order valence-corrected chi connectivity index (χ0v) is 7.60. The summed E-state index contributed by atoms with van der Waals surface area (Å²) in [7, 11) is 0. The van der Waals surface area contributed by atoms with E-state index in [1.807, 2.05) is 0 Å². The lowest BCUT2D eigenvalue weighted by Gasteiger charge is -2.04. The lowest BCUT2D eigenvalue weighted by Crippen LogP contribution is -1.87. The predicted octanol–water partition coefficient (Wildman–Crippen LogP) is 3.63. The molecule has 1 rings (SSSR count). The zero-order chi connectivity index (χ0) is 9.46. The lowest BCUT2D eigenvalue weighted by molar-refractivity contribution is 0.427. The molecule has 0 aliphatic carbocycles. The van der Waals surface area contributed by atoms with E-state index in [4.69, 9.17) is 39.9 Å². The third-order valence-electron chi connectivity index (χ3n) is 1.19. The molecule has 12 heavy (non-hydrogen) atoms. The normalized spacial score (nSPS) is 10.4. The number of hydrogen-bond acceptors (Lipinski definition) is 1. The predicted molar refractivity (Wildman–Crippen MR) is 43.1 cm³/mol. The van der Waals surface area contributed by atoms with E-state index in [-0.39, 0.29) is 0 Å². The molecule has 0 fully saturated rings. The van der Waals surface area contributed by atoms with Gasteiger partial charge in [-0.25, -0.2) is 8.78 Å². The zero-order valence-electron chi connectivity index (χ0n) is 5.34. The van der Waals surface area contributed by atoms with Crippen molar-refractivity contribution in [1.82, 2.24) is 0 Å². The molecular weight excluding hydrogens is 232 g/mol. The van der Waals surface area contributed by atoms with Gasteiger partial charge in [-0.2, -0.15) is 0 Å². The number of halogens is 5. The molecule has 0 bridgehead atoms. The first kappa shape index (κ1) is 9.84. The van der Waals surface area contributed by atoms with E-state index in [0.29, 0.717) is 0 Å². The maximum atomic E-state index is 12.8. The quantitative estimate of drug-likeness (QED) is 0.536. The van der Waals surface area contributed by atoms with Gasteiger partial charge in [-0.3, -0.25) is 0 Å². The Kier molecular flexibility index (Phi) is 2.66. The molecule has 0 saturated carbocycles. The van der Waals surface area contributed by atoms with Crippen molar-refractivity contribution < 1.29 is 13.9 Å². The molecule has 0 heterocycles. The molecule has 66 valence electrons. The van der Waals surface area contributed by atoms with Crippen LogP contribution in [0.2, 0.25) is 15.1 Å². The Balaban J connectivity index is 3.60. The summed E-state index contributed by atoms with van der Waals surface area (Å²) >= 11 is 15.6. The minimum absolute atomic E-state index is 0.642. The van der Waals surface area contributed by atoms with E-state index in [2.05, 4.69) is 0 Å². The molecule has 0 aromatic heterocycles. The van der Waals surface area contributed by atoms with Crippen molar-refractivity contribution in [3.8, 4) is 5.75 Å². The van der Waals surface area contributed by atoms with Gasteiger partial charge >= 0.3 is 0 Å². The summed E-state index contributed by atoms with van der Waals surface area (Å²) in [6.07, 6.45) is 0. The highest BCUT2D eigenvalue weighted by molar-refractivity contribution is 6.43. The molecule has 0 saturated heterocycles. The van der Waals surface area contributed by atoms with Gasteiger partial charge in [-0.05, 0) is 0 Å². The highest BCUT2D eigenvalue weighted by Gasteiger charge is 2.20. The number of rotatable bonds is 0. The van der Waals surface area contributed by atoms with Gasteiger partial charge in [0.1, 0.15) is 10.0 Å². The topological polar surface area (TPSA) is 20.2 Å². The largest absolute Gasteiger partial charge is 0.504 e. The van der Waals surface area contributed by atoms with E-state index in [1.54, 1.807) is 0 Å². The Morgan fingerprint density at radius 2 is 1.25 bits per heavy atom. The highest BCUT2D eigenvalue weighted by atomic mass is 35.5. The van der Waals surface area contributed by atoms with Crippen molar-refractivity contribution in [2.75, 3.05) is 0 Å². The summed E-state index contributed by atoms with van der Waals surface area (Å²) in [6, 6.07) is 0. The van der Waals surface area contributed by atoms with Crippen LogP contribution in [0.4, 0.5) is 8.78 Å². The fourth-order valence-electron chi connectivity index (χ4n) is 0.593. The van der Waals surface area contributed by atoms with Gasteiger partial charge < -0.3 is 5.11 Å². The van der Waals surface area contributed by atoms with Gasteiger partial charge in [0.05, 0.1) is 5.02 Å². The van der Waals surface area contributed by atoms with E-state index in [1.165, 1.54) is 0 Å². The van der Waals surface area contributed by atoms with Crippen LogP contribution in [0.5, 0.6) is 5.75 Å². The minimum atomic E-state index is -1.23. The molecule has 0 amide bonds. The average Bonchev–Trinajstić information content (AvgIpc) is 2.08. The first-order valence-corrected chi connectivity index (χ1v) is 3.80. The number of aromatic hydroxyl groups is 1. The van der Waals surface area contributed by atoms with E-state index in [0.717, 1.165) is 0 Å². The van der Waals surface area contributed by atoms with Crippen LogP contribution in [-0.4, -0.2) is 5.11 Å². The summed E-state index contributed by atoms with van der Waals surface area (Å²) in [4.78, 5) is 0. The van der Waals surface area contributed by atoms with Crippen LogP contribution in [-0.2, 0) is 0 Å². The van der Waals surface area contributed by atoms with Crippen LogP contribution in [0.15, 0.2) is 0 Å². The van der Waals surface area contributed by atoms with Gasteiger partial charge in [-0.1, -0.05) is 34.8 Å². The lowest BCUT2D eigenvalue weighted by atomic mass is 10.3. The summed E-state index contributed by atoms with van der Waals surface area (Å²) in [5.41, 5.74) is 0. The second kappa shape index (κ2) is 3.24. The Labute approximate surface area is 81.5 Å². The van der Waals surface area contributed by atoms with Crippen LogP contribution in [0.3, 0.4) is 0 Å². The summed E-state index contributed by atoms with van der Waals surface area (Å²) < 4.78 is 25.5. The Morgan fingerprint density at radius 1 is 0.833 bits per heavy atom. The molecule has 0 radical (unpaired) electrons. The van der Waals surface area contributed by atoms with Crippen LogP contribution in [0.1, 0.15) is 0 Å². The van der Waals surface area contributed by atoms with Crippen molar-refractivity contribution in [2.45, 2.75) is 0 Å².